The summed E-state index contributed by atoms with van der Waals surface area (Å²) in [6.07, 6.45) is 0.189. The maximum Gasteiger partial charge on any atom is 0.338 e. The highest BCUT2D eigenvalue weighted by molar-refractivity contribution is 7.92. The lowest BCUT2D eigenvalue weighted by molar-refractivity contribution is 0.0526. The van der Waals surface area contributed by atoms with Crippen LogP contribution in [0, 0.1) is 6.92 Å². The van der Waals surface area contributed by atoms with Crippen molar-refractivity contribution in [1.29, 1.82) is 0 Å². The van der Waals surface area contributed by atoms with Gasteiger partial charge in [0.05, 0.1) is 30.2 Å². The normalized spacial score (nSPS) is 11.9. The van der Waals surface area contributed by atoms with Gasteiger partial charge in [-0.3, -0.25) is 4.72 Å². The van der Waals surface area contributed by atoms with Crippen molar-refractivity contribution in [2.45, 2.75) is 26.6 Å². The minimum Gasteiger partial charge on any atom is -0.492 e. The Morgan fingerprint density at radius 2 is 1.68 bits per heavy atom. The molecule has 0 aliphatic carbocycles. The van der Waals surface area contributed by atoms with Gasteiger partial charge in [0.2, 0.25) is 10.0 Å². The number of hydrogen-bond donors (Lipinski definition) is 3. The van der Waals surface area contributed by atoms with Crippen LogP contribution < -0.4 is 19.5 Å². The number of carbonyl (C=O) groups excluding carboxylic acids is 1. The third-order valence-corrected chi connectivity index (χ3v) is 7.30. The molecule has 1 unspecified atom stereocenters. The lowest BCUT2D eigenvalue weighted by Crippen LogP contribution is -2.26. The first-order valence-electron chi connectivity index (χ1n) is 14.3. The summed E-state index contributed by atoms with van der Waals surface area (Å²) in [5, 5.41) is 13.9. The molecule has 4 aromatic carbocycles. The Morgan fingerprint density at radius 1 is 0.932 bits per heavy atom. The van der Waals surface area contributed by atoms with E-state index in [0.717, 1.165) is 28.5 Å². The minimum atomic E-state index is -3.56. The number of ether oxygens (including phenoxy) is 3. The Hall–Kier alpha value is -4.38. The fourth-order valence-electron chi connectivity index (χ4n) is 4.55. The number of benzene rings is 4. The third kappa shape index (κ3) is 9.57. The van der Waals surface area contributed by atoms with Crippen molar-refractivity contribution in [3.63, 3.8) is 0 Å². The van der Waals surface area contributed by atoms with Gasteiger partial charge >= 0.3 is 5.97 Å². The van der Waals surface area contributed by atoms with Crippen LogP contribution >= 0.6 is 0 Å². The van der Waals surface area contributed by atoms with Gasteiger partial charge in [-0.2, -0.15) is 0 Å². The predicted molar refractivity (Wildman–Crippen MR) is 172 cm³/mol. The summed E-state index contributed by atoms with van der Waals surface area (Å²) in [4.78, 5) is 12.0. The van der Waals surface area contributed by atoms with E-state index >= 15 is 0 Å². The summed E-state index contributed by atoms with van der Waals surface area (Å²) < 4.78 is 43.2. The van der Waals surface area contributed by atoms with Crippen molar-refractivity contribution >= 4 is 21.7 Å². The highest BCUT2D eigenvalue weighted by Gasteiger charge is 2.15. The summed E-state index contributed by atoms with van der Waals surface area (Å²) in [6.45, 7) is 5.46. The molecule has 0 saturated carbocycles. The highest BCUT2D eigenvalue weighted by atomic mass is 32.2. The van der Waals surface area contributed by atoms with E-state index in [1.807, 2.05) is 73.7 Å². The van der Waals surface area contributed by atoms with Gasteiger partial charge in [0, 0.05) is 13.1 Å². The molecule has 0 bridgehead atoms. The Balaban J connectivity index is 1.27. The van der Waals surface area contributed by atoms with Crippen LogP contribution in [0.2, 0.25) is 0 Å². The fraction of sp³-hybridized carbons (Fsp3) is 0.265. The van der Waals surface area contributed by atoms with E-state index in [2.05, 4.69) is 10.0 Å². The van der Waals surface area contributed by atoms with Gasteiger partial charge in [-0.15, -0.1) is 0 Å². The van der Waals surface area contributed by atoms with Crippen molar-refractivity contribution in [2.24, 2.45) is 0 Å². The number of aryl methyl sites for hydroxylation is 1. The van der Waals surface area contributed by atoms with Crippen molar-refractivity contribution in [2.75, 3.05) is 37.3 Å². The predicted octanol–water partition coefficient (Wildman–Crippen LogP) is 5.49. The van der Waals surface area contributed by atoms with E-state index in [9.17, 15) is 18.3 Å². The quantitative estimate of drug-likeness (QED) is 0.118. The zero-order chi connectivity index (χ0) is 31.5. The van der Waals surface area contributed by atoms with Crippen LogP contribution in [0.1, 0.15) is 40.1 Å². The van der Waals surface area contributed by atoms with Crippen molar-refractivity contribution in [1.82, 2.24) is 5.32 Å². The zero-order valence-corrected chi connectivity index (χ0v) is 25.9. The average Bonchev–Trinajstić information content (AvgIpc) is 3.00. The number of esters is 1. The number of sulfonamides is 1. The fourth-order valence-corrected chi connectivity index (χ4v) is 5.11. The first-order chi connectivity index (χ1) is 21.1. The van der Waals surface area contributed by atoms with Crippen LogP contribution in [0.4, 0.5) is 5.69 Å². The molecule has 4 rings (SSSR count). The van der Waals surface area contributed by atoms with Gasteiger partial charge in [-0.05, 0) is 78.1 Å². The molecule has 232 valence electrons. The molecule has 9 nitrogen and oxygen atoms in total. The SMILES string of the molecule is CCOC(=O)c1ccc(-c2ccc(OCCNCC(O)c3ccc(OCc4ccccc4)c(NS(C)(=O)=O)c3)cc2)c(C)c1. The molecule has 3 N–H and O–H groups in total. The summed E-state index contributed by atoms with van der Waals surface area (Å²) in [6, 6.07) is 27.7. The van der Waals surface area contributed by atoms with Crippen LogP contribution in [0.3, 0.4) is 0 Å². The maximum atomic E-state index is 12.0. The average molecular weight is 619 g/mol. The van der Waals surface area contributed by atoms with Gasteiger partial charge < -0.3 is 24.6 Å². The van der Waals surface area contributed by atoms with E-state index < -0.39 is 16.1 Å². The van der Waals surface area contributed by atoms with Crippen LogP contribution in [-0.2, 0) is 21.4 Å². The topological polar surface area (TPSA) is 123 Å². The Kier molecular flexibility index (Phi) is 11.4. The highest BCUT2D eigenvalue weighted by Crippen LogP contribution is 2.30. The number of aliphatic hydroxyl groups excluding tert-OH is 1. The molecule has 0 saturated heterocycles. The molecule has 10 heteroatoms. The third-order valence-electron chi connectivity index (χ3n) is 6.71. The molecular weight excluding hydrogens is 580 g/mol. The van der Waals surface area contributed by atoms with Gasteiger partial charge in [0.15, 0.2) is 0 Å². The number of aliphatic hydroxyl groups is 1. The number of nitrogens with one attached hydrogen (secondary N) is 2. The zero-order valence-electron chi connectivity index (χ0n) is 25.1. The molecule has 1 atom stereocenters. The van der Waals surface area contributed by atoms with E-state index in [4.69, 9.17) is 14.2 Å². The molecule has 4 aromatic rings. The smallest absolute Gasteiger partial charge is 0.338 e. The number of carbonyl (C=O) groups is 1. The van der Waals surface area contributed by atoms with Crippen molar-refractivity contribution in [3.8, 4) is 22.6 Å². The molecule has 0 heterocycles. The van der Waals surface area contributed by atoms with Crippen molar-refractivity contribution < 1.29 is 32.5 Å². The monoisotopic (exact) mass is 618 g/mol. The lowest BCUT2D eigenvalue weighted by Gasteiger charge is -2.17. The molecule has 0 fully saturated rings. The minimum absolute atomic E-state index is 0.242. The van der Waals surface area contributed by atoms with Gasteiger partial charge in [0.1, 0.15) is 24.7 Å². The molecular formula is C34H38N2O7S. The van der Waals surface area contributed by atoms with Gasteiger partial charge in [-0.25, -0.2) is 13.2 Å². The largest absolute Gasteiger partial charge is 0.492 e. The summed E-state index contributed by atoms with van der Waals surface area (Å²) in [5.41, 5.74) is 5.27. The maximum absolute atomic E-state index is 12.0. The summed E-state index contributed by atoms with van der Waals surface area (Å²) in [7, 11) is -3.56. The van der Waals surface area contributed by atoms with Gasteiger partial charge in [-0.1, -0.05) is 54.6 Å². The van der Waals surface area contributed by atoms with E-state index in [1.54, 1.807) is 31.2 Å². The Bertz CT molecular complexity index is 1640. The van der Waals surface area contributed by atoms with E-state index in [0.29, 0.717) is 42.4 Å². The standard InChI is InChI=1S/C34H38N2O7S/c1-4-41-34(38)28-12-16-30(24(2)20-28)26-10-14-29(15-11-26)42-19-18-35-22-32(37)27-13-17-33(31(21-27)36-44(3,39)40)43-23-25-8-6-5-7-9-25/h5-17,20-21,32,35-37H,4,18-19,22-23H2,1-3H3. The van der Waals surface area contributed by atoms with E-state index in [1.165, 1.54) is 0 Å². The Labute approximate surface area is 258 Å². The van der Waals surface area contributed by atoms with Crippen LogP contribution in [-0.4, -0.2) is 52.1 Å². The van der Waals surface area contributed by atoms with Crippen LogP contribution in [0.5, 0.6) is 11.5 Å². The number of rotatable bonds is 15. The number of anilines is 1. The number of hydrogen-bond acceptors (Lipinski definition) is 8. The van der Waals surface area contributed by atoms with Crippen LogP contribution in [0.25, 0.3) is 11.1 Å². The molecule has 0 aliphatic rings. The van der Waals surface area contributed by atoms with Crippen LogP contribution in [0.15, 0.2) is 91.0 Å². The summed E-state index contributed by atoms with van der Waals surface area (Å²) in [5.74, 6) is 0.744. The molecule has 0 amide bonds. The second-order valence-corrected chi connectivity index (χ2v) is 12.0. The Morgan fingerprint density at radius 3 is 2.36 bits per heavy atom. The first-order valence-corrected chi connectivity index (χ1v) is 16.2. The lowest BCUT2D eigenvalue weighted by atomic mass is 9.98. The van der Waals surface area contributed by atoms with Crippen molar-refractivity contribution in [3.05, 3.63) is 113 Å². The second kappa shape index (κ2) is 15.4. The summed E-state index contributed by atoms with van der Waals surface area (Å²) >= 11 is 0. The second-order valence-electron chi connectivity index (χ2n) is 10.2. The molecule has 0 spiro atoms. The first kappa shape index (κ1) is 32.5. The molecule has 0 radical (unpaired) electrons. The molecule has 0 aliphatic heterocycles. The van der Waals surface area contributed by atoms with E-state index in [-0.39, 0.29) is 24.8 Å². The van der Waals surface area contributed by atoms with Gasteiger partial charge in [0.25, 0.3) is 0 Å². The molecule has 0 aromatic heterocycles. The molecule has 44 heavy (non-hydrogen) atoms.